The quantitative estimate of drug-likeness (QED) is 0.447. The zero-order chi connectivity index (χ0) is 5.66. The first-order valence-electron chi connectivity index (χ1n) is 3.27. The van der Waals surface area contributed by atoms with Gasteiger partial charge in [-0.25, -0.2) is 0 Å². The molecule has 0 amide bonds. The van der Waals surface area contributed by atoms with Gasteiger partial charge < -0.3 is 0 Å². The Morgan fingerprint density at radius 3 is 1.00 bits per heavy atom. The van der Waals surface area contributed by atoms with E-state index in [0.29, 0.717) is 0 Å². The fourth-order valence-corrected chi connectivity index (χ4v) is 0.856. The molecule has 44 valence electrons. The van der Waals surface area contributed by atoms with Crippen molar-refractivity contribution in [3.63, 3.8) is 0 Å². The summed E-state index contributed by atoms with van der Waals surface area (Å²) in [6.45, 7) is 0. The van der Waals surface area contributed by atoms with Gasteiger partial charge in [0.2, 0.25) is 0 Å². The van der Waals surface area contributed by atoms with Crippen LogP contribution < -0.4 is 0 Å². The molecule has 1 rings (SSSR count). The molecule has 0 saturated heterocycles. The first kappa shape index (κ1) is 6.12. The van der Waals surface area contributed by atoms with Crippen LogP contribution in [0, 0.1) is 25.7 Å². The van der Waals surface area contributed by atoms with Crippen LogP contribution in [0.5, 0.6) is 0 Å². The molecule has 0 nitrogen and oxygen atoms in total. The Balaban J connectivity index is 2.00. The Morgan fingerprint density at radius 1 is 0.500 bits per heavy atom. The highest BCUT2D eigenvalue weighted by Gasteiger charge is 1.96. The monoisotopic (exact) mass is 108 g/mol. The van der Waals surface area contributed by atoms with Gasteiger partial charge in [-0.15, -0.1) is 0 Å². The molecule has 0 aromatic carbocycles. The molecule has 1 fully saturated rings. The van der Waals surface area contributed by atoms with Crippen LogP contribution in [0.15, 0.2) is 0 Å². The van der Waals surface area contributed by atoms with Gasteiger partial charge in [0, 0.05) is 0 Å². The lowest BCUT2D eigenvalue weighted by molar-refractivity contribution is 0.840. The summed E-state index contributed by atoms with van der Waals surface area (Å²) in [5, 5.41) is 0. The van der Waals surface area contributed by atoms with Gasteiger partial charge in [0.1, 0.15) is 0 Å². The molecule has 0 aliphatic heterocycles. The van der Waals surface area contributed by atoms with E-state index in [1.807, 2.05) is 0 Å². The third kappa shape index (κ3) is 2.34. The third-order valence-electron chi connectivity index (χ3n) is 1.33. The second-order valence-corrected chi connectivity index (χ2v) is 2.10. The molecular weight excluding hydrogens is 96.1 g/mol. The van der Waals surface area contributed by atoms with E-state index >= 15 is 0 Å². The zero-order valence-electron chi connectivity index (χ0n) is 5.14. The summed E-state index contributed by atoms with van der Waals surface area (Å²) in [5.74, 6) is 0. The van der Waals surface area contributed by atoms with Gasteiger partial charge in [-0.2, -0.15) is 0 Å². The largest absolute Gasteiger partial charge is 0.0470 e. The van der Waals surface area contributed by atoms with Crippen LogP contribution in [0.2, 0.25) is 0 Å². The average Bonchev–Trinajstić information content (AvgIpc) is 1.62. The van der Waals surface area contributed by atoms with E-state index in [-0.39, 0.29) is 0 Å². The van der Waals surface area contributed by atoms with E-state index in [1.165, 1.54) is 25.7 Å². The fourth-order valence-electron chi connectivity index (χ4n) is 0.856. The van der Waals surface area contributed by atoms with E-state index in [4.69, 9.17) is 0 Å². The molecule has 1 aliphatic carbocycles. The second-order valence-electron chi connectivity index (χ2n) is 2.10. The molecule has 1 saturated carbocycles. The van der Waals surface area contributed by atoms with Crippen LogP contribution >= 0.6 is 0 Å². The van der Waals surface area contributed by atoms with Gasteiger partial charge in [-0.1, -0.05) is 0 Å². The molecule has 0 atom stereocenters. The fraction of sp³-hybridized carbons (Fsp3) is 0.500. The van der Waals surface area contributed by atoms with Gasteiger partial charge in [0.05, 0.1) is 0 Å². The Kier molecular flexibility index (Phi) is 3.01. The van der Waals surface area contributed by atoms with Crippen LogP contribution in [0.3, 0.4) is 0 Å². The molecule has 0 heteroatoms. The van der Waals surface area contributed by atoms with Crippen molar-refractivity contribution in [3.8, 4) is 0 Å². The van der Waals surface area contributed by atoms with Gasteiger partial charge >= 0.3 is 0 Å². The lowest BCUT2D eigenvalue weighted by atomic mass is 10.0. The summed E-state index contributed by atoms with van der Waals surface area (Å²) < 4.78 is 0. The van der Waals surface area contributed by atoms with Crippen LogP contribution in [-0.2, 0) is 0 Å². The molecule has 0 aromatic heterocycles. The molecule has 1 aliphatic rings. The van der Waals surface area contributed by atoms with Crippen LogP contribution in [0.4, 0.5) is 0 Å². The van der Waals surface area contributed by atoms with Crippen molar-refractivity contribution in [1.82, 2.24) is 0 Å². The number of hydrogen-bond acceptors (Lipinski definition) is 0. The molecule has 8 heavy (non-hydrogen) atoms. The summed E-state index contributed by atoms with van der Waals surface area (Å²) in [6.07, 6.45) is 14.0. The van der Waals surface area contributed by atoms with Crippen LogP contribution in [0.1, 0.15) is 25.7 Å². The summed E-state index contributed by atoms with van der Waals surface area (Å²) in [6, 6.07) is 0. The molecular formula is C8H12. The normalized spacial score (nSPS) is 24.0. The minimum Gasteiger partial charge on any atom is -0.0470 e. The lowest BCUT2D eigenvalue weighted by Crippen LogP contribution is -1.89. The maximum absolute atomic E-state index is 2.31. The van der Waals surface area contributed by atoms with Crippen molar-refractivity contribution >= 4 is 0 Å². The Morgan fingerprint density at radius 2 is 0.750 bits per heavy atom. The summed E-state index contributed by atoms with van der Waals surface area (Å²) in [5.41, 5.74) is 0. The maximum Gasteiger partial charge on any atom is -0.0380 e. The minimum atomic E-state index is 1.19. The average molecular weight is 108 g/mol. The van der Waals surface area contributed by atoms with E-state index < -0.39 is 0 Å². The first-order chi connectivity index (χ1) is 4.00. The van der Waals surface area contributed by atoms with Gasteiger partial charge in [0.15, 0.2) is 0 Å². The molecule has 0 unspecified atom stereocenters. The topological polar surface area (TPSA) is 0 Å². The molecule has 0 aromatic rings. The Bertz CT molecular complexity index is 24.0. The summed E-state index contributed by atoms with van der Waals surface area (Å²) in [4.78, 5) is 0. The SMILES string of the molecule is [CH]1C[CH]C[CH]C[CH]C1. The Labute approximate surface area is 52.3 Å². The van der Waals surface area contributed by atoms with Crippen molar-refractivity contribution in [2.75, 3.05) is 0 Å². The maximum atomic E-state index is 2.31. The van der Waals surface area contributed by atoms with Crippen molar-refractivity contribution in [1.29, 1.82) is 0 Å². The van der Waals surface area contributed by atoms with E-state index in [2.05, 4.69) is 25.7 Å². The van der Waals surface area contributed by atoms with E-state index in [1.54, 1.807) is 0 Å². The molecule has 0 N–H and O–H groups in total. The van der Waals surface area contributed by atoms with Crippen molar-refractivity contribution < 1.29 is 0 Å². The molecule has 0 bridgehead atoms. The smallest absolute Gasteiger partial charge is 0.0380 e. The van der Waals surface area contributed by atoms with Gasteiger partial charge in [-0.3, -0.25) is 0 Å². The van der Waals surface area contributed by atoms with Gasteiger partial charge in [-0.05, 0) is 51.4 Å². The van der Waals surface area contributed by atoms with Crippen molar-refractivity contribution in [2.45, 2.75) is 25.7 Å². The lowest BCUT2D eigenvalue weighted by Gasteiger charge is -2.04. The molecule has 0 spiro atoms. The molecule has 4 radical (unpaired) electrons. The van der Waals surface area contributed by atoms with E-state index in [9.17, 15) is 0 Å². The highest BCUT2D eigenvalue weighted by Crippen LogP contribution is 2.12. The van der Waals surface area contributed by atoms with Crippen molar-refractivity contribution in [2.24, 2.45) is 0 Å². The molecule has 0 heterocycles. The third-order valence-corrected chi connectivity index (χ3v) is 1.33. The van der Waals surface area contributed by atoms with Crippen LogP contribution in [0.25, 0.3) is 0 Å². The van der Waals surface area contributed by atoms with E-state index in [0.717, 1.165) is 0 Å². The zero-order valence-corrected chi connectivity index (χ0v) is 5.14. The Hall–Kier alpha value is 0. The summed E-state index contributed by atoms with van der Waals surface area (Å²) >= 11 is 0. The number of rotatable bonds is 0. The standard InChI is InChI=1S/C8H12/c1-2-4-6-8-7-5-3-1/h1,4-5,8H,2-3,6-7H2. The van der Waals surface area contributed by atoms with Gasteiger partial charge in [0.25, 0.3) is 0 Å². The minimum absolute atomic E-state index is 1.19. The summed E-state index contributed by atoms with van der Waals surface area (Å²) in [7, 11) is 0. The number of hydrogen-bond donors (Lipinski definition) is 0. The first-order valence-corrected chi connectivity index (χ1v) is 3.27. The highest BCUT2D eigenvalue weighted by atomic mass is 14.0. The predicted molar refractivity (Wildman–Crippen MR) is 35.7 cm³/mol. The van der Waals surface area contributed by atoms with Crippen LogP contribution in [-0.4, -0.2) is 0 Å². The second kappa shape index (κ2) is 3.94. The highest BCUT2D eigenvalue weighted by molar-refractivity contribution is 4.91. The van der Waals surface area contributed by atoms with Crippen molar-refractivity contribution in [3.05, 3.63) is 25.7 Å². The predicted octanol–water partition coefficient (Wildman–Crippen LogP) is 2.38.